The normalized spacial score (nSPS) is 39.5. The van der Waals surface area contributed by atoms with E-state index < -0.39 is 5.41 Å². The lowest BCUT2D eigenvalue weighted by Crippen LogP contribution is -2.34. The van der Waals surface area contributed by atoms with Gasteiger partial charge in [-0.15, -0.1) is 0 Å². The molecule has 0 amide bonds. The highest BCUT2D eigenvalue weighted by molar-refractivity contribution is 5.77. The van der Waals surface area contributed by atoms with Crippen molar-refractivity contribution in [3.05, 3.63) is 0 Å². The van der Waals surface area contributed by atoms with E-state index in [2.05, 4.69) is 0 Å². The molecule has 0 aromatic rings. The molecule has 1 heterocycles. The maximum absolute atomic E-state index is 12.0. The van der Waals surface area contributed by atoms with Gasteiger partial charge >= 0.3 is 11.9 Å². The van der Waals surface area contributed by atoms with E-state index in [1.54, 1.807) is 0 Å². The van der Waals surface area contributed by atoms with Gasteiger partial charge in [0.1, 0.15) is 6.10 Å². The lowest BCUT2D eigenvalue weighted by Gasteiger charge is -2.27. The molecule has 1 aliphatic heterocycles. The molecule has 0 aromatic carbocycles. The van der Waals surface area contributed by atoms with Crippen molar-refractivity contribution in [2.45, 2.75) is 46.1 Å². The molecule has 19 heavy (non-hydrogen) atoms. The molecule has 3 aliphatic rings. The Morgan fingerprint density at radius 3 is 2.84 bits per heavy atom. The van der Waals surface area contributed by atoms with Crippen molar-refractivity contribution >= 4 is 11.9 Å². The molecule has 4 nitrogen and oxygen atoms in total. The molecule has 0 radical (unpaired) electrons. The summed E-state index contributed by atoms with van der Waals surface area (Å²) in [5.41, 5.74) is -0.424. The van der Waals surface area contributed by atoms with E-state index in [0.717, 1.165) is 19.3 Å². The highest BCUT2D eigenvalue weighted by Crippen LogP contribution is 2.57. The molecule has 5 atom stereocenters. The van der Waals surface area contributed by atoms with Crippen molar-refractivity contribution in [1.29, 1.82) is 0 Å². The van der Waals surface area contributed by atoms with Gasteiger partial charge in [-0.1, -0.05) is 6.92 Å². The van der Waals surface area contributed by atoms with Crippen LogP contribution in [0.1, 0.15) is 40.0 Å². The number of fused-ring (bicyclic) bond motifs is 1. The molecule has 2 saturated carbocycles. The zero-order valence-corrected chi connectivity index (χ0v) is 11.8. The SMILES string of the molecule is CCC(C)(C)C(=O)OCC1C2CC3C(=O)OC1C3C2. The number of hydrogen-bond donors (Lipinski definition) is 0. The van der Waals surface area contributed by atoms with Gasteiger partial charge in [-0.3, -0.25) is 9.59 Å². The zero-order chi connectivity index (χ0) is 13.8. The molecule has 0 N–H and O–H groups in total. The van der Waals surface area contributed by atoms with E-state index in [1.807, 2.05) is 20.8 Å². The minimum absolute atomic E-state index is 0.00814. The van der Waals surface area contributed by atoms with Gasteiger partial charge in [0.15, 0.2) is 0 Å². The van der Waals surface area contributed by atoms with Crippen LogP contribution in [0.25, 0.3) is 0 Å². The number of esters is 2. The predicted octanol–water partition coefficient (Wildman–Crippen LogP) is 2.16. The standard InChI is InChI=1S/C15H22O4/c1-4-15(2,3)14(17)18-7-11-8-5-9-10(6-8)13(16)19-12(9)11/h8-12H,4-7H2,1-3H3. The molecular weight excluding hydrogens is 244 g/mol. The second-order valence-electron chi connectivity index (χ2n) is 6.90. The quantitative estimate of drug-likeness (QED) is 0.732. The maximum Gasteiger partial charge on any atom is 0.311 e. The molecule has 4 heteroatoms. The second-order valence-corrected chi connectivity index (χ2v) is 6.90. The predicted molar refractivity (Wildman–Crippen MR) is 68.1 cm³/mol. The molecular formula is C15H22O4. The Hall–Kier alpha value is -1.06. The van der Waals surface area contributed by atoms with Crippen LogP contribution in [-0.2, 0) is 19.1 Å². The third kappa shape index (κ3) is 1.87. The van der Waals surface area contributed by atoms with E-state index in [1.165, 1.54) is 0 Å². The molecule has 3 fully saturated rings. The lowest BCUT2D eigenvalue weighted by atomic mass is 9.82. The van der Waals surface area contributed by atoms with Gasteiger partial charge in [0, 0.05) is 11.8 Å². The van der Waals surface area contributed by atoms with Gasteiger partial charge in [0.2, 0.25) is 0 Å². The first kappa shape index (κ1) is 12.9. The maximum atomic E-state index is 12.0. The van der Waals surface area contributed by atoms with Crippen LogP contribution in [0, 0.1) is 29.1 Å². The summed E-state index contributed by atoms with van der Waals surface area (Å²) >= 11 is 0. The van der Waals surface area contributed by atoms with Crippen LogP contribution in [0.4, 0.5) is 0 Å². The Labute approximate surface area is 113 Å². The van der Waals surface area contributed by atoms with Gasteiger partial charge in [-0.05, 0) is 39.0 Å². The van der Waals surface area contributed by atoms with Gasteiger partial charge in [-0.25, -0.2) is 0 Å². The molecule has 106 valence electrons. The van der Waals surface area contributed by atoms with Crippen molar-refractivity contribution in [3.63, 3.8) is 0 Å². The fourth-order valence-electron chi connectivity index (χ4n) is 3.82. The van der Waals surface area contributed by atoms with Gasteiger partial charge in [-0.2, -0.15) is 0 Å². The Balaban J connectivity index is 1.61. The summed E-state index contributed by atoms with van der Waals surface area (Å²) in [4.78, 5) is 23.7. The topological polar surface area (TPSA) is 52.6 Å². The summed E-state index contributed by atoms with van der Waals surface area (Å²) in [6.45, 7) is 6.21. The molecule has 1 saturated heterocycles. The fourth-order valence-corrected chi connectivity index (χ4v) is 3.82. The summed E-state index contributed by atoms with van der Waals surface area (Å²) in [5.74, 6) is 1.08. The van der Waals surface area contributed by atoms with E-state index in [9.17, 15) is 9.59 Å². The van der Waals surface area contributed by atoms with Crippen LogP contribution in [-0.4, -0.2) is 24.6 Å². The van der Waals surface area contributed by atoms with Crippen LogP contribution in [0.15, 0.2) is 0 Å². The first-order valence-electron chi connectivity index (χ1n) is 7.31. The first-order chi connectivity index (χ1) is 8.94. The molecule has 2 bridgehead atoms. The van der Waals surface area contributed by atoms with Crippen molar-refractivity contribution in [3.8, 4) is 0 Å². The summed E-state index contributed by atoms with van der Waals surface area (Å²) in [7, 11) is 0. The third-order valence-electron chi connectivity index (χ3n) is 5.50. The van der Waals surface area contributed by atoms with Crippen molar-refractivity contribution in [2.24, 2.45) is 29.1 Å². The van der Waals surface area contributed by atoms with Gasteiger partial charge < -0.3 is 9.47 Å². The highest BCUT2D eigenvalue weighted by Gasteiger charge is 2.61. The van der Waals surface area contributed by atoms with Crippen LogP contribution < -0.4 is 0 Å². The Bertz CT molecular complexity index is 414. The number of carbonyl (C=O) groups excluding carboxylic acids is 2. The zero-order valence-electron chi connectivity index (χ0n) is 11.8. The average Bonchev–Trinajstić information content (AvgIpc) is 2.98. The van der Waals surface area contributed by atoms with E-state index >= 15 is 0 Å². The van der Waals surface area contributed by atoms with Crippen molar-refractivity contribution in [1.82, 2.24) is 0 Å². The van der Waals surface area contributed by atoms with Crippen molar-refractivity contribution in [2.75, 3.05) is 6.61 Å². The van der Waals surface area contributed by atoms with Crippen molar-refractivity contribution < 1.29 is 19.1 Å². The Morgan fingerprint density at radius 1 is 1.42 bits per heavy atom. The third-order valence-corrected chi connectivity index (χ3v) is 5.50. The van der Waals surface area contributed by atoms with Crippen LogP contribution in [0.3, 0.4) is 0 Å². The lowest BCUT2D eigenvalue weighted by molar-refractivity contribution is -0.157. The fraction of sp³-hybridized carbons (Fsp3) is 0.867. The van der Waals surface area contributed by atoms with Gasteiger partial charge in [0.25, 0.3) is 0 Å². The molecule has 2 aliphatic carbocycles. The molecule has 5 unspecified atom stereocenters. The average molecular weight is 266 g/mol. The summed E-state index contributed by atoms with van der Waals surface area (Å²) < 4.78 is 11.0. The largest absolute Gasteiger partial charge is 0.465 e. The van der Waals surface area contributed by atoms with Crippen LogP contribution in [0.5, 0.6) is 0 Å². The molecule has 3 rings (SSSR count). The second kappa shape index (κ2) is 4.22. The Morgan fingerprint density at radius 2 is 2.16 bits per heavy atom. The van der Waals surface area contributed by atoms with E-state index in [0.29, 0.717) is 18.4 Å². The summed E-state index contributed by atoms with van der Waals surface area (Å²) in [6, 6.07) is 0. The minimum atomic E-state index is -0.424. The monoisotopic (exact) mass is 266 g/mol. The molecule has 0 spiro atoms. The summed E-state index contributed by atoms with van der Waals surface area (Å²) in [5, 5.41) is 0. The van der Waals surface area contributed by atoms with Gasteiger partial charge in [0.05, 0.1) is 17.9 Å². The van der Waals surface area contributed by atoms with E-state index in [4.69, 9.17) is 9.47 Å². The minimum Gasteiger partial charge on any atom is -0.465 e. The van der Waals surface area contributed by atoms with Crippen LogP contribution in [0.2, 0.25) is 0 Å². The number of rotatable bonds is 4. The van der Waals surface area contributed by atoms with E-state index in [-0.39, 0.29) is 29.9 Å². The highest BCUT2D eigenvalue weighted by atomic mass is 16.6. The smallest absolute Gasteiger partial charge is 0.311 e. The number of carbonyl (C=O) groups is 2. The number of hydrogen-bond acceptors (Lipinski definition) is 4. The number of ether oxygens (including phenoxy) is 2. The Kier molecular flexibility index (Phi) is 2.88. The molecule has 0 aromatic heterocycles. The first-order valence-corrected chi connectivity index (χ1v) is 7.31. The summed E-state index contributed by atoms with van der Waals surface area (Å²) in [6.07, 6.45) is 2.77. The van der Waals surface area contributed by atoms with Crippen LogP contribution >= 0.6 is 0 Å².